The molecule has 0 fully saturated rings. The maximum atomic E-state index is 12.9. The van der Waals surface area contributed by atoms with Gasteiger partial charge in [-0.05, 0) is 42.0 Å². The number of nitrogens with one attached hydrogen (secondary N) is 1. The minimum Gasteiger partial charge on any atom is -0.449 e. The standard InChI is InChI=1S/C25H23N3O4S/c1-15(24(30)28(3)14-23-27-20-10-6-7-11-22(20)33-23)32-25(31)19-12-17-8-4-5-9-18(17)13-21(19)26-16(2)29/h4-13,15H,14H2,1-3H3,(H,26,29). The van der Waals surface area contributed by atoms with Crippen molar-refractivity contribution in [2.24, 2.45) is 0 Å². The first kappa shape index (κ1) is 22.4. The van der Waals surface area contributed by atoms with Crippen molar-refractivity contribution in [3.05, 3.63) is 71.2 Å². The van der Waals surface area contributed by atoms with Crippen LogP contribution in [0.5, 0.6) is 0 Å². The van der Waals surface area contributed by atoms with Gasteiger partial charge in [0.05, 0.1) is 28.0 Å². The van der Waals surface area contributed by atoms with Crippen molar-refractivity contribution in [2.75, 3.05) is 12.4 Å². The zero-order valence-electron chi connectivity index (χ0n) is 18.5. The van der Waals surface area contributed by atoms with E-state index in [4.69, 9.17) is 4.74 Å². The summed E-state index contributed by atoms with van der Waals surface area (Å²) in [5.74, 6) is -1.33. The molecule has 0 saturated carbocycles. The molecule has 8 heteroatoms. The number of para-hydroxylation sites is 1. The first-order valence-corrected chi connectivity index (χ1v) is 11.2. The third-order valence-corrected chi connectivity index (χ3v) is 6.16. The highest BCUT2D eigenvalue weighted by Gasteiger charge is 2.25. The summed E-state index contributed by atoms with van der Waals surface area (Å²) in [5, 5.41) is 5.17. The summed E-state index contributed by atoms with van der Waals surface area (Å²) in [6.07, 6.45) is -1.01. The van der Waals surface area contributed by atoms with Crippen LogP contribution in [0.3, 0.4) is 0 Å². The van der Waals surface area contributed by atoms with E-state index >= 15 is 0 Å². The third kappa shape index (κ3) is 5.01. The zero-order valence-corrected chi connectivity index (χ0v) is 19.3. The number of fused-ring (bicyclic) bond motifs is 2. The number of aromatic nitrogens is 1. The zero-order chi connectivity index (χ0) is 23.5. The van der Waals surface area contributed by atoms with E-state index < -0.39 is 12.1 Å². The minimum absolute atomic E-state index is 0.192. The molecule has 0 aliphatic carbocycles. The van der Waals surface area contributed by atoms with E-state index in [2.05, 4.69) is 10.3 Å². The molecular formula is C25H23N3O4S. The van der Waals surface area contributed by atoms with Crippen molar-refractivity contribution in [3.8, 4) is 0 Å². The van der Waals surface area contributed by atoms with Gasteiger partial charge in [0.15, 0.2) is 6.10 Å². The predicted octanol–water partition coefficient (Wildman–Crippen LogP) is 4.61. The summed E-state index contributed by atoms with van der Waals surface area (Å²) in [6.45, 7) is 3.22. The van der Waals surface area contributed by atoms with Gasteiger partial charge in [-0.3, -0.25) is 9.59 Å². The van der Waals surface area contributed by atoms with E-state index in [0.717, 1.165) is 26.0 Å². The van der Waals surface area contributed by atoms with Gasteiger partial charge < -0.3 is 15.0 Å². The number of rotatable bonds is 6. The van der Waals surface area contributed by atoms with Crippen LogP contribution >= 0.6 is 11.3 Å². The molecule has 168 valence electrons. The van der Waals surface area contributed by atoms with Crippen LogP contribution in [0.4, 0.5) is 5.69 Å². The Morgan fingerprint density at radius 2 is 1.73 bits per heavy atom. The number of carbonyl (C=O) groups excluding carboxylic acids is 3. The lowest BCUT2D eigenvalue weighted by molar-refractivity contribution is -0.139. The topological polar surface area (TPSA) is 88.6 Å². The van der Waals surface area contributed by atoms with E-state index in [9.17, 15) is 14.4 Å². The van der Waals surface area contributed by atoms with Gasteiger partial charge in [0.2, 0.25) is 5.91 Å². The molecule has 0 aliphatic rings. The first-order chi connectivity index (χ1) is 15.8. The second-order valence-corrected chi connectivity index (χ2v) is 8.86. The molecule has 3 aromatic carbocycles. The van der Waals surface area contributed by atoms with Crippen molar-refractivity contribution in [1.82, 2.24) is 9.88 Å². The van der Waals surface area contributed by atoms with E-state index in [0.29, 0.717) is 12.2 Å². The number of likely N-dealkylation sites (N-methyl/N-ethyl adjacent to an activating group) is 1. The number of hydrogen-bond acceptors (Lipinski definition) is 6. The Labute approximate surface area is 195 Å². The molecule has 1 aromatic heterocycles. The van der Waals surface area contributed by atoms with Crippen LogP contribution in [0.25, 0.3) is 21.0 Å². The maximum Gasteiger partial charge on any atom is 0.341 e. The lowest BCUT2D eigenvalue weighted by Gasteiger charge is -2.21. The molecule has 4 rings (SSSR count). The number of ether oxygens (including phenoxy) is 1. The van der Waals surface area contributed by atoms with E-state index in [1.165, 1.54) is 30.1 Å². The van der Waals surface area contributed by atoms with Gasteiger partial charge in [-0.2, -0.15) is 0 Å². The van der Waals surface area contributed by atoms with Crippen LogP contribution < -0.4 is 5.32 Å². The molecule has 2 amide bonds. The van der Waals surface area contributed by atoms with Gasteiger partial charge in [0, 0.05) is 14.0 Å². The number of amides is 2. The molecular weight excluding hydrogens is 438 g/mol. The normalized spacial score (nSPS) is 11.8. The van der Waals surface area contributed by atoms with Gasteiger partial charge in [-0.1, -0.05) is 36.4 Å². The lowest BCUT2D eigenvalue weighted by atomic mass is 10.0. The first-order valence-electron chi connectivity index (χ1n) is 10.4. The fourth-order valence-electron chi connectivity index (χ4n) is 3.56. The molecule has 0 radical (unpaired) electrons. The van der Waals surface area contributed by atoms with Gasteiger partial charge in [-0.15, -0.1) is 11.3 Å². The molecule has 4 aromatic rings. The van der Waals surface area contributed by atoms with Gasteiger partial charge in [0.1, 0.15) is 5.01 Å². The van der Waals surface area contributed by atoms with Gasteiger partial charge in [-0.25, -0.2) is 9.78 Å². The molecule has 0 aliphatic heterocycles. The fraction of sp³-hybridized carbons (Fsp3) is 0.200. The number of hydrogen-bond donors (Lipinski definition) is 1. The van der Waals surface area contributed by atoms with Crippen molar-refractivity contribution >= 4 is 55.8 Å². The van der Waals surface area contributed by atoms with Gasteiger partial charge >= 0.3 is 5.97 Å². The number of esters is 1. The number of benzene rings is 3. The van der Waals surface area contributed by atoms with E-state index in [1.807, 2.05) is 48.5 Å². The number of carbonyl (C=O) groups is 3. The van der Waals surface area contributed by atoms with Crippen molar-refractivity contribution in [1.29, 1.82) is 0 Å². The third-order valence-electron chi connectivity index (χ3n) is 5.13. The average molecular weight is 462 g/mol. The summed E-state index contributed by atoms with van der Waals surface area (Å²) < 4.78 is 6.54. The van der Waals surface area contributed by atoms with Crippen LogP contribution in [0.2, 0.25) is 0 Å². The van der Waals surface area contributed by atoms with Crippen molar-refractivity contribution in [2.45, 2.75) is 26.5 Å². The van der Waals surface area contributed by atoms with Crippen LogP contribution in [0.15, 0.2) is 60.7 Å². The quantitative estimate of drug-likeness (QED) is 0.424. The molecule has 0 saturated heterocycles. The summed E-state index contributed by atoms with van der Waals surface area (Å²) >= 11 is 1.52. The monoisotopic (exact) mass is 461 g/mol. The maximum absolute atomic E-state index is 12.9. The van der Waals surface area contributed by atoms with Crippen molar-refractivity contribution in [3.63, 3.8) is 0 Å². The summed E-state index contributed by atoms with van der Waals surface area (Å²) in [6, 6.07) is 18.6. The summed E-state index contributed by atoms with van der Waals surface area (Å²) in [7, 11) is 1.65. The van der Waals surface area contributed by atoms with E-state index in [-0.39, 0.29) is 17.4 Å². The molecule has 0 bridgehead atoms. The van der Waals surface area contributed by atoms with Gasteiger partial charge in [0.25, 0.3) is 5.91 Å². The second-order valence-electron chi connectivity index (χ2n) is 7.74. The number of nitrogens with zero attached hydrogens (tertiary/aromatic N) is 2. The Kier molecular flexibility index (Phi) is 6.37. The minimum atomic E-state index is -1.01. The molecule has 1 heterocycles. The summed E-state index contributed by atoms with van der Waals surface area (Å²) in [5.41, 5.74) is 1.42. The highest BCUT2D eigenvalue weighted by molar-refractivity contribution is 7.18. The lowest BCUT2D eigenvalue weighted by Crippen LogP contribution is -2.37. The molecule has 1 atom stereocenters. The van der Waals surface area contributed by atoms with Crippen LogP contribution in [0.1, 0.15) is 29.2 Å². The molecule has 7 nitrogen and oxygen atoms in total. The largest absolute Gasteiger partial charge is 0.449 e. The Bertz CT molecular complexity index is 1330. The molecule has 1 unspecified atom stereocenters. The average Bonchev–Trinajstić information content (AvgIpc) is 3.19. The Morgan fingerprint density at radius 1 is 1.06 bits per heavy atom. The van der Waals surface area contributed by atoms with Crippen LogP contribution in [-0.4, -0.2) is 40.8 Å². The smallest absolute Gasteiger partial charge is 0.341 e. The highest BCUT2D eigenvalue weighted by atomic mass is 32.1. The van der Waals surface area contributed by atoms with Crippen LogP contribution in [0, 0.1) is 0 Å². The Hall–Kier alpha value is -3.78. The predicted molar refractivity (Wildman–Crippen MR) is 129 cm³/mol. The van der Waals surface area contributed by atoms with E-state index in [1.54, 1.807) is 19.2 Å². The molecule has 0 spiro atoms. The fourth-order valence-corrected chi connectivity index (χ4v) is 4.58. The van der Waals surface area contributed by atoms with Crippen molar-refractivity contribution < 1.29 is 19.1 Å². The molecule has 33 heavy (non-hydrogen) atoms. The summed E-state index contributed by atoms with van der Waals surface area (Å²) in [4.78, 5) is 43.5. The second kappa shape index (κ2) is 9.38. The SMILES string of the molecule is CC(=O)Nc1cc2ccccc2cc1C(=O)OC(C)C(=O)N(C)Cc1nc2ccccc2s1. The Balaban J connectivity index is 1.49. The number of anilines is 1. The Morgan fingerprint density at radius 3 is 2.42 bits per heavy atom. The number of thiazole rings is 1. The highest BCUT2D eigenvalue weighted by Crippen LogP contribution is 2.26. The molecule has 1 N–H and O–H groups in total. The van der Waals surface area contributed by atoms with Crippen LogP contribution in [-0.2, 0) is 20.9 Å².